The summed E-state index contributed by atoms with van der Waals surface area (Å²) in [5.41, 5.74) is 0.508. The number of imide groups is 1. The lowest BCUT2D eigenvalue weighted by molar-refractivity contribution is -0.232. The largest absolute Gasteiger partial charge is 0.361 e. The van der Waals surface area contributed by atoms with Crippen molar-refractivity contribution in [3.63, 3.8) is 0 Å². The van der Waals surface area contributed by atoms with E-state index >= 15 is 0 Å². The second-order valence-corrected chi connectivity index (χ2v) is 11.5. The minimum Gasteiger partial charge on any atom is -0.361 e. The maximum atomic E-state index is 13.6. The van der Waals surface area contributed by atoms with Gasteiger partial charge < -0.3 is 36.4 Å². The Morgan fingerprint density at radius 1 is 1.13 bits per heavy atom. The van der Waals surface area contributed by atoms with Crippen LogP contribution in [0.15, 0.2) is 18.2 Å². The number of nitrogens with zero attached hydrogens (tertiary/aromatic N) is 2. The van der Waals surface area contributed by atoms with Crippen molar-refractivity contribution >= 4 is 29.6 Å². The zero-order chi connectivity index (χ0) is 27.2. The maximum absolute atomic E-state index is 13.6. The summed E-state index contributed by atoms with van der Waals surface area (Å²) in [5, 5.41) is 51.6. The smallest absolute Gasteiger partial charge is 0.252 e. The van der Waals surface area contributed by atoms with Crippen molar-refractivity contribution in [2.24, 2.45) is 0 Å². The van der Waals surface area contributed by atoms with E-state index in [1.54, 1.807) is 6.07 Å². The summed E-state index contributed by atoms with van der Waals surface area (Å²) in [5.74, 6) is -4.15. The number of rotatable bonds is 4. The van der Waals surface area contributed by atoms with Gasteiger partial charge in [-0.3, -0.25) is 30.1 Å². The number of likely N-dealkylation sites (tertiary alicyclic amines) is 1. The van der Waals surface area contributed by atoms with Crippen LogP contribution in [0.1, 0.15) is 54.6 Å². The van der Waals surface area contributed by atoms with Gasteiger partial charge in [0.2, 0.25) is 17.6 Å². The van der Waals surface area contributed by atoms with Crippen LogP contribution in [-0.2, 0) is 21.4 Å². The van der Waals surface area contributed by atoms with Gasteiger partial charge in [-0.15, -0.1) is 0 Å². The van der Waals surface area contributed by atoms with Crippen LogP contribution in [0.4, 0.5) is 0 Å². The number of aryl methyl sites for hydroxylation is 1. The normalized spacial score (nSPS) is 32.4. The predicted octanol–water partition coefficient (Wildman–Crippen LogP) is -1.75. The quantitative estimate of drug-likeness (QED) is 0.167. The summed E-state index contributed by atoms with van der Waals surface area (Å²) < 4.78 is 0. The molecule has 1 aliphatic carbocycles. The van der Waals surface area contributed by atoms with E-state index in [9.17, 15) is 24.6 Å². The highest BCUT2D eigenvalue weighted by Crippen LogP contribution is 2.44. The van der Waals surface area contributed by atoms with Crippen molar-refractivity contribution in [3.05, 3.63) is 34.9 Å². The molecule has 4 heterocycles. The molecular formula is C25H32N8O5. The summed E-state index contributed by atoms with van der Waals surface area (Å²) in [6.45, 7) is 3.93. The molecule has 8 N–H and O–H groups in total. The van der Waals surface area contributed by atoms with Crippen LogP contribution < -0.4 is 21.3 Å². The zero-order valence-electron chi connectivity index (χ0n) is 21.2. The zero-order valence-corrected chi connectivity index (χ0v) is 21.2. The third kappa shape index (κ3) is 3.21. The monoisotopic (exact) mass is 524 g/mol. The minimum absolute atomic E-state index is 0.102. The van der Waals surface area contributed by atoms with Crippen LogP contribution in [0.2, 0.25) is 0 Å². The van der Waals surface area contributed by atoms with E-state index < -0.39 is 35.5 Å². The van der Waals surface area contributed by atoms with E-state index in [0.717, 1.165) is 28.9 Å². The first-order chi connectivity index (χ1) is 17.9. The van der Waals surface area contributed by atoms with Gasteiger partial charge in [0.05, 0.1) is 18.6 Å². The molecule has 1 spiro atoms. The van der Waals surface area contributed by atoms with Gasteiger partial charge in [0.25, 0.3) is 5.91 Å². The Balaban J connectivity index is 1.32. The molecule has 0 aromatic heterocycles. The summed E-state index contributed by atoms with van der Waals surface area (Å²) in [4.78, 5) is 40.6. The molecule has 1 aromatic carbocycles. The van der Waals surface area contributed by atoms with Crippen LogP contribution in [0.5, 0.6) is 0 Å². The standard InChI is InChI=1S/C25H32N8O5/c1-23(2)9-8-12-4-3-5-13(18(12)23)20(36)29-15-11-33-22(27)28-14(10-32-16(34)6-7-17(32)35)19-24(33,25(15,37)38)31-21(26)30-19/h3-5,14-15,19,37-38H,6-11H2,1-2H3,(H2,27,28)(H,29,36)(H3,26,30,31)/t14-,15?,19?,24?/m0/s1. The van der Waals surface area contributed by atoms with E-state index in [4.69, 9.17) is 10.8 Å². The molecule has 13 heteroatoms. The van der Waals surface area contributed by atoms with Crippen molar-refractivity contribution in [1.82, 2.24) is 31.1 Å². The van der Waals surface area contributed by atoms with E-state index in [0.29, 0.717) is 5.56 Å². The number of hydrogen-bond acceptors (Lipinski definition) is 7. The Hall–Kier alpha value is -3.71. The van der Waals surface area contributed by atoms with Crippen molar-refractivity contribution in [1.29, 1.82) is 10.8 Å². The van der Waals surface area contributed by atoms with Crippen LogP contribution in [0.3, 0.4) is 0 Å². The average Bonchev–Trinajstić information content (AvgIpc) is 3.54. The summed E-state index contributed by atoms with van der Waals surface area (Å²) >= 11 is 0. The Bertz CT molecular complexity index is 1280. The fourth-order valence-corrected chi connectivity index (χ4v) is 6.96. The molecule has 13 nitrogen and oxygen atoms in total. The Morgan fingerprint density at radius 3 is 2.55 bits per heavy atom. The first-order valence-electron chi connectivity index (χ1n) is 12.8. The fourth-order valence-electron chi connectivity index (χ4n) is 6.96. The molecule has 5 aliphatic rings. The molecule has 0 saturated carbocycles. The summed E-state index contributed by atoms with van der Waals surface area (Å²) in [6, 6.07) is 2.60. The van der Waals surface area contributed by atoms with Crippen molar-refractivity contribution < 1.29 is 24.6 Å². The average molecular weight is 525 g/mol. The second kappa shape index (κ2) is 7.90. The number of guanidine groups is 2. The molecule has 4 saturated heterocycles. The van der Waals surface area contributed by atoms with E-state index in [2.05, 4.69) is 35.1 Å². The number of carbonyl (C=O) groups is 3. The van der Waals surface area contributed by atoms with Crippen LogP contribution >= 0.6 is 0 Å². The first kappa shape index (κ1) is 24.6. The van der Waals surface area contributed by atoms with Crippen molar-refractivity contribution in [2.45, 2.75) is 74.5 Å². The molecule has 1 aromatic rings. The number of carbonyl (C=O) groups excluding carboxylic acids is 3. The highest BCUT2D eigenvalue weighted by Gasteiger charge is 2.74. The van der Waals surface area contributed by atoms with Crippen LogP contribution in [-0.4, -0.2) is 92.3 Å². The molecule has 0 bridgehead atoms. The highest BCUT2D eigenvalue weighted by molar-refractivity contribution is 6.02. The van der Waals surface area contributed by atoms with Crippen molar-refractivity contribution in [2.75, 3.05) is 13.1 Å². The molecular weight excluding hydrogens is 492 g/mol. The van der Waals surface area contributed by atoms with Crippen molar-refractivity contribution in [3.8, 4) is 0 Å². The number of benzene rings is 1. The van der Waals surface area contributed by atoms with Gasteiger partial charge in [-0.2, -0.15) is 0 Å². The number of amides is 3. The number of hydrogen-bond donors (Lipinski definition) is 8. The van der Waals surface area contributed by atoms with Gasteiger partial charge in [0.15, 0.2) is 17.6 Å². The van der Waals surface area contributed by atoms with E-state index in [1.807, 2.05) is 12.1 Å². The van der Waals surface area contributed by atoms with Gasteiger partial charge in [-0.25, -0.2) is 0 Å². The molecule has 3 amide bonds. The summed E-state index contributed by atoms with van der Waals surface area (Å²) in [6.07, 6.45) is 1.97. The maximum Gasteiger partial charge on any atom is 0.252 e. The molecule has 4 aliphatic heterocycles. The number of aliphatic hydroxyl groups is 2. The molecule has 4 atom stereocenters. The lowest BCUT2D eigenvalue weighted by atomic mass is 9.83. The Kier molecular flexibility index (Phi) is 5.12. The SMILES string of the molecule is CC1(C)CCc2cccc(C(=O)NC3CN4C(=N)N[C@@H](CN5C(=O)CCC5=O)C5NC(=N)NC54C3(O)O)c21. The second-order valence-electron chi connectivity index (χ2n) is 11.5. The van der Waals surface area contributed by atoms with E-state index in [1.165, 1.54) is 4.90 Å². The van der Waals surface area contributed by atoms with Gasteiger partial charge >= 0.3 is 0 Å². The molecule has 202 valence electrons. The Morgan fingerprint density at radius 2 is 1.84 bits per heavy atom. The predicted molar refractivity (Wildman–Crippen MR) is 134 cm³/mol. The van der Waals surface area contributed by atoms with Gasteiger partial charge in [-0.05, 0) is 35.4 Å². The Labute approximate surface area is 218 Å². The third-order valence-corrected chi connectivity index (χ3v) is 8.83. The third-order valence-electron chi connectivity index (χ3n) is 8.83. The van der Waals surface area contributed by atoms with Crippen LogP contribution in [0.25, 0.3) is 0 Å². The molecule has 6 rings (SSSR count). The minimum atomic E-state index is -2.64. The number of nitrogens with one attached hydrogen (secondary N) is 6. The lowest BCUT2D eigenvalue weighted by Crippen LogP contribution is -2.81. The molecule has 4 fully saturated rings. The molecule has 3 unspecified atom stereocenters. The lowest BCUT2D eigenvalue weighted by Gasteiger charge is -2.51. The van der Waals surface area contributed by atoms with Crippen LogP contribution in [0, 0.1) is 10.8 Å². The van der Waals surface area contributed by atoms with Gasteiger partial charge in [0, 0.05) is 24.9 Å². The topological polar surface area (TPSA) is 194 Å². The van der Waals surface area contributed by atoms with Gasteiger partial charge in [-0.1, -0.05) is 26.0 Å². The first-order valence-corrected chi connectivity index (χ1v) is 12.8. The highest BCUT2D eigenvalue weighted by atomic mass is 16.5. The molecule has 38 heavy (non-hydrogen) atoms. The fraction of sp³-hybridized carbons (Fsp3) is 0.560. The molecule has 0 radical (unpaired) electrons. The summed E-state index contributed by atoms with van der Waals surface area (Å²) in [7, 11) is 0. The van der Waals surface area contributed by atoms with Gasteiger partial charge in [0.1, 0.15) is 6.04 Å². The number of fused-ring (bicyclic) bond motifs is 1. The van der Waals surface area contributed by atoms with E-state index in [-0.39, 0.29) is 55.1 Å².